The van der Waals surface area contributed by atoms with E-state index in [4.69, 9.17) is 9.15 Å². The molecule has 0 aliphatic heterocycles. The summed E-state index contributed by atoms with van der Waals surface area (Å²) in [4.78, 5) is 12.3. The minimum atomic E-state index is -0.115. The summed E-state index contributed by atoms with van der Waals surface area (Å²) in [6.45, 7) is 2.68. The van der Waals surface area contributed by atoms with Crippen LogP contribution in [0.4, 0.5) is 5.69 Å². The van der Waals surface area contributed by atoms with Crippen LogP contribution in [0.3, 0.4) is 0 Å². The second-order valence-corrected chi connectivity index (χ2v) is 7.21. The molecule has 2 heterocycles. The highest BCUT2D eigenvalue weighted by atomic mass is 32.2. The normalized spacial score (nSPS) is 11.0. The fourth-order valence-corrected chi connectivity index (χ4v) is 3.76. The Morgan fingerprint density at radius 1 is 1.17 bits per heavy atom. The summed E-state index contributed by atoms with van der Waals surface area (Å²) in [5.74, 6) is 2.17. The van der Waals surface area contributed by atoms with Crippen molar-refractivity contribution in [1.82, 2.24) is 14.8 Å². The molecule has 7 nitrogen and oxygen atoms in total. The Morgan fingerprint density at radius 3 is 2.69 bits per heavy atom. The van der Waals surface area contributed by atoms with Crippen molar-refractivity contribution >= 4 is 34.3 Å². The maximum atomic E-state index is 12.3. The quantitative estimate of drug-likeness (QED) is 0.455. The van der Waals surface area contributed by atoms with Crippen molar-refractivity contribution in [2.75, 3.05) is 18.2 Å². The number of amides is 1. The van der Waals surface area contributed by atoms with Crippen LogP contribution in [0.15, 0.2) is 64.2 Å². The molecule has 8 heteroatoms. The van der Waals surface area contributed by atoms with Crippen molar-refractivity contribution in [1.29, 1.82) is 0 Å². The zero-order chi connectivity index (χ0) is 20.2. The van der Waals surface area contributed by atoms with Crippen LogP contribution in [-0.2, 0) is 11.3 Å². The van der Waals surface area contributed by atoms with Gasteiger partial charge in [-0.3, -0.25) is 9.36 Å². The lowest BCUT2D eigenvalue weighted by molar-refractivity contribution is -0.113. The highest BCUT2D eigenvalue weighted by Crippen LogP contribution is 2.29. The average molecular weight is 408 g/mol. The number of para-hydroxylation sites is 1. The van der Waals surface area contributed by atoms with Gasteiger partial charge in [0.15, 0.2) is 10.9 Å². The predicted octanol–water partition coefficient (Wildman–Crippen LogP) is 4.45. The van der Waals surface area contributed by atoms with Crippen LogP contribution in [0, 0.1) is 0 Å². The molecule has 0 radical (unpaired) electrons. The average Bonchev–Trinajstić information content (AvgIpc) is 3.36. The summed E-state index contributed by atoms with van der Waals surface area (Å²) in [7, 11) is 1.60. The summed E-state index contributed by atoms with van der Waals surface area (Å²) < 4.78 is 13.0. The van der Waals surface area contributed by atoms with Crippen molar-refractivity contribution in [2.45, 2.75) is 18.6 Å². The molecule has 0 bridgehead atoms. The topological polar surface area (TPSA) is 82.2 Å². The number of rotatable bonds is 7. The van der Waals surface area contributed by atoms with Gasteiger partial charge in [-0.2, -0.15) is 0 Å². The molecule has 0 atom stereocenters. The first kappa shape index (κ1) is 19.1. The summed E-state index contributed by atoms with van der Waals surface area (Å²) in [5.41, 5.74) is 1.53. The number of anilines is 1. The third kappa shape index (κ3) is 4.12. The van der Waals surface area contributed by atoms with E-state index in [1.807, 2.05) is 41.8 Å². The molecule has 1 N–H and O–H groups in total. The van der Waals surface area contributed by atoms with Crippen LogP contribution in [0.5, 0.6) is 5.75 Å². The van der Waals surface area contributed by atoms with Crippen molar-refractivity contribution < 1.29 is 13.9 Å². The number of ether oxygens (including phenoxy) is 1. The monoisotopic (exact) mass is 408 g/mol. The molecule has 4 aromatic rings. The van der Waals surface area contributed by atoms with E-state index in [0.29, 0.717) is 23.3 Å². The minimum Gasteiger partial charge on any atom is -0.497 e. The number of carbonyl (C=O) groups excluding carboxylic acids is 1. The van der Waals surface area contributed by atoms with Crippen molar-refractivity contribution in [3.05, 3.63) is 54.6 Å². The Labute approximate surface area is 172 Å². The van der Waals surface area contributed by atoms with Gasteiger partial charge in [-0.05, 0) is 43.3 Å². The highest BCUT2D eigenvalue weighted by molar-refractivity contribution is 7.99. The van der Waals surface area contributed by atoms with Crippen molar-refractivity contribution in [3.63, 3.8) is 0 Å². The molecule has 1 amide bonds. The maximum absolute atomic E-state index is 12.3. The highest BCUT2D eigenvalue weighted by Gasteiger charge is 2.17. The molecule has 2 aromatic carbocycles. The number of methoxy groups -OCH3 is 1. The predicted molar refractivity (Wildman–Crippen MR) is 113 cm³/mol. The molecule has 29 heavy (non-hydrogen) atoms. The van der Waals surface area contributed by atoms with Gasteiger partial charge in [-0.25, -0.2) is 0 Å². The van der Waals surface area contributed by atoms with Crippen LogP contribution in [0.2, 0.25) is 0 Å². The van der Waals surface area contributed by atoms with Gasteiger partial charge in [0, 0.05) is 17.6 Å². The van der Waals surface area contributed by atoms with E-state index < -0.39 is 0 Å². The van der Waals surface area contributed by atoms with Gasteiger partial charge in [0.2, 0.25) is 11.7 Å². The standard InChI is InChI=1S/C21H20N4O3S/c1-3-25-20(18-12-14-6-4-5-7-17(14)28-18)23-24-21(25)29-13-19(26)22-15-8-10-16(27-2)11-9-15/h4-12H,3,13H2,1-2H3,(H,22,26). The van der Waals surface area contributed by atoms with Gasteiger partial charge in [-0.15, -0.1) is 10.2 Å². The summed E-state index contributed by atoms with van der Waals surface area (Å²) in [6, 6.07) is 17.0. The zero-order valence-electron chi connectivity index (χ0n) is 16.1. The molecule has 0 saturated carbocycles. The van der Waals surface area contributed by atoms with E-state index in [0.717, 1.165) is 22.4 Å². The molecule has 4 rings (SSSR count). The molecule has 0 aliphatic carbocycles. The first-order valence-electron chi connectivity index (χ1n) is 9.16. The van der Waals surface area contributed by atoms with Gasteiger partial charge in [-0.1, -0.05) is 30.0 Å². The Hall–Kier alpha value is -3.26. The van der Waals surface area contributed by atoms with Gasteiger partial charge in [0.05, 0.1) is 12.9 Å². The summed E-state index contributed by atoms with van der Waals surface area (Å²) >= 11 is 1.34. The number of nitrogens with zero attached hydrogens (tertiary/aromatic N) is 3. The summed E-state index contributed by atoms with van der Waals surface area (Å²) in [5, 5.41) is 13.1. The van der Waals surface area contributed by atoms with Crippen molar-refractivity contribution in [3.8, 4) is 17.3 Å². The van der Waals surface area contributed by atoms with Crippen LogP contribution in [-0.4, -0.2) is 33.5 Å². The second-order valence-electron chi connectivity index (χ2n) is 6.26. The Bertz CT molecular complexity index is 1100. The molecule has 0 saturated heterocycles. The number of hydrogen-bond acceptors (Lipinski definition) is 6. The number of nitrogens with one attached hydrogen (secondary N) is 1. The molecule has 0 fully saturated rings. The lowest BCUT2D eigenvalue weighted by atomic mass is 10.2. The molecule has 0 unspecified atom stereocenters. The Balaban J connectivity index is 1.45. The number of fused-ring (bicyclic) bond motifs is 1. The third-order valence-electron chi connectivity index (χ3n) is 4.39. The first-order valence-corrected chi connectivity index (χ1v) is 10.2. The number of carbonyl (C=O) groups is 1. The lowest BCUT2D eigenvalue weighted by Crippen LogP contribution is -2.14. The molecule has 0 spiro atoms. The Kier molecular flexibility index (Phi) is 5.53. The minimum absolute atomic E-state index is 0.115. The number of furan rings is 1. The summed E-state index contributed by atoms with van der Waals surface area (Å²) in [6.07, 6.45) is 0. The zero-order valence-corrected chi connectivity index (χ0v) is 16.9. The van der Waals surface area contributed by atoms with Crippen LogP contribution in [0.25, 0.3) is 22.6 Å². The van der Waals surface area contributed by atoms with Gasteiger partial charge in [0.1, 0.15) is 11.3 Å². The number of hydrogen-bond donors (Lipinski definition) is 1. The fourth-order valence-electron chi connectivity index (χ4n) is 2.96. The number of benzene rings is 2. The Morgan fingerprint density at radius 2 is 1.97 bits per heavy atom. The second kappa shape index (κ2) is 8.40. The van der Waals surface area contributed by atoms with E-state index in [9.17, 15) is 4.79 Å². The van der Waals surface area contributed by atoms with E-state index in [1.165, 1.54) is 11.8 Å². The van der Waals surface area contributed by atoms with Gasteiger partial charge < -0.3 is 14.5 Å². The molecular weight excluding hydrogens is 388 g/mol. The maximum Gasteiger partial charge on any atom is 0.234 e. The van der Waals surface area contributed by atoms with E-state index in [-0.39, 0.29) is 11.7 Å². The molecule has 2 aromatic heterocycles. The van der Waals surface area contributed by atoms with Crippen LogP contribution < -0.4 is 10.1 Å². The van der Waals surface area contributed by atoms with E-state index in [1.54, 1.807) is 31.4 Å². The molecule has 148 valence electrons. The number of thioether (sulfide) groups is 1. The van der Waals surface area contributed by atoms with Crippen LogP contribution in [0.1, 0.15) is 6.92 Å². The fraction of sp³-hybridized carbons (Fsp3) is 0.190. The van der Waals surface area contributed by atoms with Gasteiger partial charge >= 0.3 is 0 Å². The first-order chi connectivity index (χ1) is 14.2. The molecule has 0 aliphatic rings. The van der Waals surface area contributed by atoms with Crippen LogP contribution >= 0.6 is 11.8 Å². The largest absolute Gasteiger partial charge is 0.497 e. The third-order valence-corrected chi connectivity index (χ3v) is 5.35. The van der Waals surface area contributed by atoms with E-state index in [2.05, 4.69) is 15.5 Å². The molecular formula is C21H20N4O3S. The van der Waals surface area contributed by atoms with Gasteiger partial charge in [0.25, 0.3) is 0 Å². The van der Waals surface area contributed by atoms with Crippen molar-refractivity contribution in [2.24, 2.45) is 0 Å². The SMILES string of the molecule is CCn1c(SCC(=O)Nc2ccc(OC)cc2)nnc1-c1cc2ccccc2o1. The number of aromatic nitrogens is 3. The smallest absolute Gasteiger partial charge is 0.234 e. The van der Waals surface area contributed by atoms with E-state index >= 15 is 0 Å². The lowest BCUT2D eigenvalue weighted by Gasteiger charge is -2.07.